The van der Waals surface area contributed by atoms with Crippen molar-refractivity contribution in [1.29, 1.82) is 0 Å². The number of hydrogen-bond donors (Lipinski definition) is 1. The second kappa shape index (κ2) is 7.34. The molecule has 3 heterocycles. The van der Waals surface area contributed by atoms with Gasteiger partial charge in [-0.2, -0.15) is 5.10 Å². The number of aryl methyl sites for hydroxylation is 2. The Hall–Kier alpha value is -3.35. The molecule has 1 amide bonds. The van der Waals surface area contributed by atoms with Gasteiger partial charge in [0, 0.05) is 18.2 Å². The van der Waals surface area contributed by atoms with E-state index in [1.165, 1.54) is 10.2 Å². The van der Waals surface area contributed by atoms with Crippen molar-refractivity contribution in [3.8, 4) is 0 Å². The summed E-state index contributed by atoms with van der Waals surface area (Å²) in [5.74, 6) is 0.394. The van der Waals surface area contributed by atoms with Gasteiger partial charge in [0.05, 0.1) is 11.8 Å². The molecule has 0 saturated heterocycles. The molecule has 0 spiro atoms. The van der Waals surface area contributed by atoms with Crippen LogP contribution < -0.4 is 10.9 Å². The van der Waals surface area contributed by atoms with Gasteiger partial charge in [0.1, 0.15) is 17.9 Å². The molecule has 28 heavy (non-hydrogen) atoms. The van der Waals surface area contributed by atoms with Crippen molar-refractivity contribution >= 4 is 22.5 Å². The summed E-state index contributed by atoms with van der Waals surface area (Å²) in [5.41, 5.74) is 2.79. The van der Waals surface area contributed by atoms with Crippen LogP contribution in [0, 0.1) is 6.92 Å². The number of furan rings is 1. The van der Waals surface area contributed by atoms with Gasteiger partial charge in [0.15, 0.2) is 5.58 Å². The van der Waals surface area contributed by atoms with E-state index in [-0.39, 0.29) is 24.1 Å². The van der Waals surface area contributed by atoms with Crippen molar-refractivity contribution in [1.82, 2.24) is 19.5 Å². The number of fused-ring (bicyclic) bond motifs is 3. The van der Waals surface area contributed by atoms with Crippen molar-refractivity contribution < 1.29 is 9.21 Å². The third kappa shape index (κ3) is 3.43. The van der Waals surface area contributed by atoms with Crippen LogP contribution in [0.5, 0.6) is 0 Å². The average molecular weight is 378 g/mol. The molecule has 4 aromatic rings. The van der Waals surface area contributed by atoms with Gasteiger partial charge >= 0.3 is 0 Å². The lowest BCUT2D eigenvalue weighted by Crippen LogP contribution is -2.39. The van der Waals surface area contributed by atoms with E-state index in [2.05, 4.69) is 22.5 Å². The van der Waals surface area contributed by atoms with Crippen LogP contribution in [0.25, 0.3) is 16.6 Å². The molecule has 4 rings (SSSR count). The summed E-state index contributed by atoms with van der Waals surface area (Å²) in [6.07, 6.45) is 3.28. The quantitative estimate of drug-likeness (QED) is 0.559. The minimum Gasteiger partial charge on any atom is -0.463 e. The summed E-state index contributed by atoms with van der Waals surface area (Å²) in [6, 6.07) is 13.6. The van der Waals surface area contributed by atoms with Gasteiger partial charge in [0.2, 0.25) is 5.91 Å². The van der Waals surface area contributed by atoms with E-state index >= 15 is 0 Å². The number of hydrogen-bond acceptors (Lipinski definition) is 4. The van der Waals surface area contributed by atoms with E-state index in [4.69, 9.17) is 4.42 Å². The predicted octanol–water partition coefficient (Wildman–Crippen LogP) is 2.69. The van der Waals surface area contributed by atoms with E-state index in [1.54, 1.807) is 29.7 Å². The Morgan fingerprint density at radius 1 is 1.21 bits per heavy atom. The van der Waals surface area contributed by atoms with Gasteiger partial charge in [-0.25, -0.2) is 4.68 Å². The third-order valence-corrected chi connectivity index (χ3v) is 4.88. The lowest BCUT2D eigenvalue weighted by Gasteiger charge is -2.14. The zero-order chi connectivity index (χ0) is 19.7. The summed E-state index contributed by atoms with van der Waals surface area (Å²) in [5, 5.41) is 7.26. The lowest BCUT2D eigenvalue weighted by atomic mass is 10.1. The van der Waals surface area contributed by atoms with E-state index in [1.807, 2.05) is 25.1 Å². The van der Waals surface area contributed by atoms with Gasteiger partial charge in [-0.15, -0.1) is 0 Å². The van der Waals surface area contributed by atoms with Crippen LogP contribution in [0.2, 0.25) is 0 Å². The van der Waals surface area contributed by atoms with Gasteiger partial charge in [-0.05, 0) is 32.3 Å². The van der Waals surface area contributed by atoms with E-state index in [0.29, 0.717) is 16.9 Å². The predicted molar refractivity (Wildman–Crippen MR) is 106 cm³/mol. The van der Waals surface area contributed by atoms with Gasteiger partial charge in [-0.1, -0.05) is 30.3 Å². The van der Waals surface area contributed by atoms with E-state index in [0.717, 1.165) is 18.4 Å². The summed E-state index contributed by atoms with van der Waals surface area (Å²) < 4.78 is 8.33. The summed E-state index contributed by atoms with van der Waals surface area (Å²) in [4.78, 5) is 25.2. The van der Waals surface area contributed by atoms with Crippen LogP contribution in [0.3, 0.4) is 0 Å². The first-order chi connectivity index (χ1) is 13.5. The van der Waals surface area contributed by atoms with Crippen LogP contribution in [0.1, 0.15) is 24.7 Å². The number of carbonyl (C=O) groups excluding carboxylic acids is 1. The van der Waals surface area contributed by atoms with Crippen molar-refractivity contribution in [2.24, 2.45) is 0 Å². The normalized spacial score (nSPS) is 12.5. The molecule has 0 aliphatic heterocycles. The maximum atomic E-state index is 12.7. The lowest BCUT2D eigenvalue weighted by molar-refractivity contribution is -0.122. The Morgan fingerprint density at radius 3 is 2.79 bits per heavy atom. The molecule has 1 atom stereocenters. The Labute approximate surface area is 161 Å². The molecule has 0 aliphatic rings. The fourth-order valence-corrected chi connectivity index (χ4v) is 3.49. The Morgan fingerprint density at radius 2 is 2.00 bits per heavy atom. The first-order valence-corrected chi connectivity index (χ1v) is 9.32. The summed E-state index contributed by atoms with van der Waals surface area (Å²) >= 11 is 0. The number of carbonyl (C=O) groups is 1. The van der Waals surface area contributed by atoms with Crippen molar-refractivity contribution in [2.75, 3.05) is 0 Å². The number of nitrogens with one attached hydrogen (secondary N) is 1. The molecule has 7 nitrogen and oxygen atoms in total. The number of rotatable bonds is 6. The third-order valence-electron chi connectivity index (χ3n) is 4.88. The molecule has 0 unspecified atom stereocenters. The minimum atomic E-state index is -0.316. The number of benzene rings is 1. The fourth-order valence-electron chi connectivity index (χ4n) is 3.49. The average Bonchev–Trinajstić information content (AvgIpc) is 3.26. The maximum Gasteiger partial charge on any atom is 0.291 e. The van der Waals surface area contributed by atoms with Crippen molar-refractivity contribution in [3.63, 3.8) is 0 Å². The van der Waals surface area contributed by atoms with E-state index < -0.39 is 0 Å². The molecule has 7 heteroatoms. The largest absolute Gasteiger partial charge is 0.463 e. The standard InChI is InChI=1S/C21H22N4O3/c1-14(8-9-16-6-4-3-5-7-16)22-20(26)13-24-21(27)18-12-19-17(10-11-28-19)25(18)15(2)23-24/h3-7,10-12,14H,8-9,13H2,1-2H3,(H,22,26)/t14-/m1/s1. The molecular formula is C21H22N4O3. The molecule has 144 valence electrons. The number of aromatic nitrogens is 3. The molecule has 0 saturated carbocycles. The highest BCUT2D eigenvalue weighted by Gasteiger charge is 2.16. The highest BCUT2D eigenvalue weighted by atomic mass is 16.3. The van der Waals surface area contributed by atoms with Gasteiger partial charge < -0.3 is 9.73 Å². The second-order valence-electron chi connectivity index (χ2n) is 7.04. The monoisotopic (exact) mass is 378 g/mol. The second-order valence-corrected chi connectivity index (χ2v) is 7.04. The highest BCUT2D eigenvalue weighted by molar-refractivity contribution is 5.82. The fraction of sp³-hybridized carbons (Fsp3) is 0.286. The highest BCUT2D eigenvalue weighted by Crippen LogP contribution is 2.19. The molecular weight excluding hydrogens is 356 g/mol. The van der Waals surface area contributed by atoms with Crippen LogP contribution >= 0.6 is 0 Å². The SMILES string of the molecule is Cc1nn(CC(=O)N[C@H](C)CCc2ccccc2)c(=O)c2cc3occc3n12. The number of amides is 1. The van der Waals surface area contributed by atoms with Gasteiger partial charge in [0.25, 0.3) is 5.56 Å². The van der Waals surface area contributed by atoms with E-state index in [9.17, 15) is 9.59 Å². The zero-order valence-corrected chi connectivity index (χ0v) is 15.9. The molecule has 3 aromatic heterocycles. The summed E-state index contributed by atoms with van der Waals surface area (Å²) in [7, 11) is 0. The Kier molecular flexibility index (Phi) is 4.73. The minimum absolute atomic E-state index is 0.00359. The van der Waals surface area contributed by atoms with Gasteiger partial charge in [-0.3, -0.25) is 14.0 Å². The van der Waals surface area contributed by atoms with Crippen molar-refractivity contribution in [3.05, 3.63) is 70.5 Å². The molecule has 0 bridgehead atoms. The number of nitrogens with zero attached hydrogens (tertiary/aromatic N) is 3. The first-order valence-electron chi connectivity index (χ1n) is 9.32. The molecule has 1 aromatic carbocycles. The smallest absolute Gasteiger partial charge is 0.291 e. The van der Waals surface area contributed by atoms with Crippen molar-refractivity contribution in [2.45, 2.75) is 39.3 Å². The Balaban J connectivity index is 1.46. The summed E-state index contributed by atoms with van der Waals surface area (Å²) in [6.45, 7) is 3.65. The first kappa shape index (κ1) is 18.0. The van der Waals surface area contributed by atoms with Crippen LogP contribution in [0.15, 0.2) is 57.9 Å². The molecule has 0 aliphatic carbocycles. The molecule has 0 fully saturated rings. The van der Waals surface area contributed by atoms with Crippen LogP contribution in [0.4, 0.5) is 0 Å². The Bertz CT molecular complexity index is 1190. The molecule has 0 radical (unpaired) electrons. The maximum absolute atomic E-state index is 12.7. The van der Waals surface area contributed by atoms with Crippen LogP contribution in [-0.4, -0.2) is 26.1 Å². The zero-order valence-electron chi connectivity index (χ0n) is 15.9. The van der Waals surface area contributed by atoms with Crippen LogP contribution in [-0.2, 0) is 17.8 Å². The molecule has 1 N–H and O–H groups in total. The topological polar surface area (TPSA) is 81.5 Å².